The summed E-state index contributed by atoms with van der Waals surface area (Å²) in [5.41, 5.74) is 0.0563. The maximum Gasteiger partial charge on any atom is 0.312 e. The number of piperazine rings is 1. The van der Waals surface area contributed by atoms with E-state index < -0.39 is 0 Å². The number of anilines is 1. The van der Waals surface area contributed by atoms with Crippen molar-refractivity contribution in [2.24, 2.45) is 0 Å². The Bertz CT molecular complexity index is 468. The molecule has 6 nitrogen and oxygen atoms in total. The lowest BCUT2D eigenvalue weighted by Gasteiger charge is -2.38. The smallest absolute Gasteiger partial charge is 0.312 e. The van der Waals surface area contributed by atoms with Crippen LogP contribution in [0.1, 0.15) is 6.92 Å². The van der Waals surface area contributed by atoms with Crippen LogP contribution < -0.4 is 4.90 Å². The topological polar surface area (TPSA) is 62.5 Å². The summed E-state index contributed by atoms with van der Waals surface area (Å²) >= 11 is 3.22. The molecule has 1 unspecified atom stereocenters. The molecule has 0 N–H and O–H groups in total. The number of hydrogen-bond donors (Lipinski definition) is 0. The van der Waals surface area contributed by atoms with Gasteiger partial charge >= 0.3 is 5.69 Å². The lowest BCUT2D eigenvalue weighted by Crippen LogP contribution is -2.51. The van der Waals surface area contributed by atoms with Gasteiger partial charge in [0.1, 0.15) is 0 Å². The minimum atomic E-state index is -0.377. The van der Waals surface area contributed by atoms with Gasteiger partial charge in [-0.2, -0.15) is 0 Å². The second-order valence-corrected chi connectivity index (χ2v) is 5.47. The normalized spacial score (nSPS) is 21.1. The van der Waals surface area contributed by atoms with E-state index in [4.69, 9.17) is 0 Å². The van der Waals surface area contributed by atoms with Gasteiger partial charge in [0, 0.05) is 42.4 Å². The zero-order valence-electron chi connectivity index (χ0n) is 10.3. The molecule has 2 rings (SSSR count). The van der Waals surface area contributed by atoms with Crippen LogP contribution in [0.3, 0.4) is 0 Å². The fraction of sp³-hybridized carbons (Fsp3) is 0.545. The van der Waals surface area contributed by atoms with Crippen LogP contribution >= 0.6 is 15.9 Å². The van der Waals surface area contributed by atoms with Crippen LogP contribution in [-0.2, 0) is 0 Å². The fourth-order valence-electron chi connectivity index (χ4n) is 2.23. The van der Waals surface area contributed by atoms with Crippen molar-refractivity contribution in [3.63, 3.8) is 0 Å². The van der Waals surface area contributed by atoms with Crippen molar-refractivity contribution in [2.45, 2.75) is 13.0 Å². The van der Waals surface area contributed by atoms with Crippen LogP contribution in [-0.4, -0.2) is 47.5 Å². The third-order valence-electron chi connectivity index (χ3n) is 3.11. The van der Waals surface area contributed by atoms with Crippen LogP contribution in [0, 0.1) is 10.1 Å². The van der Waals surface area contributed by atoms with Gasteiger partial charge in [0.2, 0.25) is 5.82 Å². The van der Waals surface area contributed by atoms with E-state index in [2.05, 4.69) is 39.8 Å². The Labute approximate surface area is 114 Å². The van der Waals surface area contributed by atoms with Crippen molar-refractivity contribution in [3.05, 3.63) is 26.9 Å². The van der Waals surface area contributed by atoms with Gasteiger partial charge in [-0.3, -0.25) is 10.1 Å². The number of nitro groups is 1. The molecule has 18 heavy (non-hydrogen) atoms. The number of likely N-dealkylation sites (N-methyl/N-ethyl adjacent to an activating group) is 1. The number of aromatic nitrogens is 1. The molecule has 0 aliphatic carbocycles. The van der Waals surface area contributed by atoms with E-state index in [1.165, 1.54) is 6.07 Å². The average molecular weight is 315 g/mol. The number of nitrogens with zero attached hydrogens (tertiary/aromatic N) is 4. The Kier molecular flexibility index (Phi) is 3.82. The average Bonchev–Trinajstić information content (AvgIpc) is 2.29. The Morgan fingerprint density at radius 2 is 2.28 bits per heavy atom. The third kappa shape index (κ3) is 2.62. The number of pyridine rings is 1. The highest BCUT2D eigenvalue weighted by Crippen LogP contribution is 2.30. The lowest BCUT2D eigenvalue weighted by molar-refractivity contribution is -0.384. The van der Waals surface area contributed by atoms with Gasteiger partial charge in [0.25, 0.3) is 0 Å². The highest BCUT2D eigenvalue weighted by molar-refractivity contribution is 9.10. The van der Waals surface area contributed by atoms with Crippen molar-refractivity contribution in [3.8, 4) is 0 Å². The molecule has 0 bridgehead atoms. The molecule has 0 aromatic carbocycles. The molecule has 0 amide bonds. The van der Waals surface area contributed by atoms with Crippen molar-refractivity contribution < 1.29 is 4.92 Å². The summed E-state index contributed by atoms with van der Waals surface area (Å²) in [5, 5.41) is 11.1. The van der Waals surface area contributed by atoms with Crippen molar-refractivity contribution in [2.75, 3.05) is 31.6 Å². The van der Waals surface area contributed by atoms with Crippen LogP contribution in [0.4, 0.5) is 11.5 Å². The largest absolute Gasteiger partial charge is 0.346 e. The van der Waals surface area contributed by atoms with E-state index in [-0.39, 0.29) is 16.7 Å². The van der Waals surface area contributed by atoms with E-state index in [0.29, 0.717) is 10.3 Å². The van der Waals surface area contributed by atoms with E-state index in [1.807, 2.05) is 4.90 Å². The first-order valence-corrected chi connectivity index (χ1v) is 6.53. The molecule has 0 saturated carbocycles. The summed E-state index contributed by atoms with van der Waals surface area (Å²) in [5.74, 6) is 0.462. The SMILES string of the molecule is CC1CN(C)CCN1c1ncc(Br)cc1[N+](=O)[O-]. The first-order valence-electron chi connectivity index (χ1n) is 5.74. The second kappa shape index (κ2) is 5.19. The number of rotatable bonds is 2. The lowest BCUT2D eigenvalue weighted by atomic mass is 10.2. The molecule has 0 radical (unpaired) electrons. The molecule has 1 aromatic rings. The van der Waals surface area contributed by atoms with Gasteiger partial charge in [-0.15, -0.1) is 0 Å². The van der Waals surface area contributed by atoms with Crippen molar-refractivity contribution in [1.29, 1.82) is 0 Å². The molecule has 1 saturated heterocycles. The third-order valence-corrected chi connectivity index (χ3v) is 3.55. The molecular formula is C11H15BrN4O2. The molecule has 0 spiro atoms. The van der Waals surface area contributed by atoms with Gasteiger partial charge in [-0.05, 0) is 29.9 Å². The van der Waals surface area contributed by atoms with E-state index in [9.17, 15) is 10.1 Å². The van der Waals surface area contributed by atoms with Crippen LogP contribution in [0.5, 0.6) is 0 Å². The molecular weight excluding hydrogens is 300 g/mol. The maximum atomic E-state index is 11.1. The molecule has 98 valence electrons. The number of hydrogen-bond acceptors (Lipinski definition) is 5. The minimum absolute atomic E-state index is 0.0563. The second-order valence-electron chi connectivity index (χ2n) is 4.56. The summed E-state index contributed by atoms with van der Waals surface area (Å²) in [7, 11) is 2.05. The summed E-state index contributed by atoms with van der Waals surface area (Å²) in [6, 6.07) is 1.73. The molecule has 1 aromatic heterocycles. The van der Waals surface area contributed by atoms with Crippen molar-refractivity contribution >= 4 is 27.4 Å². The van der Waals surface area contributed by atoms with Gasteiger partial charge < -0.3 is 9.80 Å². The van der Waals surface area contributed by atoms with Gasteiger partial charge in [-0.25, -0.2) is 4.98 Å². The Hall–Kier alpha value is -1.21. The van der Waals surface area contributed by atoms with E-state index >= 15 is 0 Å². The quantitative estimate of drug-likeness (QED) is 0.616. The fourth-order valence-corrected chi connectivity index (χ4v) is 2.55. The van der Waals surface area contributed by atoms with E-state index in [1.54, 1.807) is 6.20 Å². The highest BCUT2D eigenvalue weighted by Gasteiger charge is 2.28. The molecule has 7 heteroatoms. The molecule has 2 heterocycles. The van der Waals surface area contributed by atoms with Gasteiger partial charge in [0.05, 0.1) is 4.92 Å². The summed E-state index contributed by atoms with van der Waals surface area (Å²) in [4.78, 5) is 19.2. The first kappa shape index (κ1) is 13.2. The standard InChI is InChI=1S/C11H15BrN4O2/c1-8-7-14(2)3-4-15(8)11-10(16(17)18)5-9(12)6-13-11/h5-6,8H,3-4,7H2,1-2H3. The Morgan fingerprint density at radius 1 is 1.56 bits per heavy atom. The van der Waals surface area contributed by atoms with Crippen LogP contribution in [0.2, 0.25) is 0 Å². The zero-order valence-corrected chi connectivity index (χ0v) is 11.9. The van der Waals surface area contributed by atoms with Crippen LogP contribution in [0.25, 0.3) is 0 Å². The van der Waals surface area contributed by atoms with E-state index in [0.717, 1.165) is 19.6 Å². The monoisotopic (exact) mass is 314 g/mol. The van der Waals surface area contributed by atoms with Crippen LogP contribution in [0.15, 0.2) is 16.7 Å². The molecule has 1 aliphatic heterocycles. The van der Waals surface area contributed by atoms with Gasteiger partial charge in [0.15, 0.2) is 0 Å². The predicted molar refractivity (Wildman–Crippen MR) is 72.9 cm³/mol. The summed E-state index contributed by atoms with van der Waals surface area (Å²) in [6.07, 6.45) is 1.60. The molecule has 1 fully saturated rings. The molecule has 1 atom stereocenters. The van der Waals surface area contributed by atoms with Crippen molar-refractivity contribution in [1.82, 2.24) is 9.88 Å². The summed E-state index contributed by atoms with van der Waals surface area (Å²) in [6.45, 7) is 4.59. The van der Waals surface area contributed by atoms with Gasteiger partial charge in [-0.1, -0.05) is 0 Å². The predicted octanol–water partition coefficient (Wildman–Crippen LogP) is 1.89. The minimum Gasteiger partial charge on any atom is -0.346 e. The highest BCUT2D eigenvalue weighted by atomic mass is 79.9. The number of halogens is 1. The maximum absolute atomic E-state index is 11.1. The summed E-state index contributed by atoms with van der Waals surface area (Å²) < 4.78 is 0.625. The molecule has 1 aliphatic rings. The zero-order chi connectivity index (χ0) is 13.3. The Morgan fingerprint density at radius 3 is 2.89 bits per heavy atom. The Balaban J connectivity index is 2.35. The first-order chi connectivity index (χ1) is 8.49.